The van der Waals surface area contributed by atoms with E-state index in [2.05, 4.69) is 5.32 Å². The van der Waals surface area contributed by atoms with Crippen LogP contribution in [0.25, 0.3) is 11.0 Å². The lowest BCUT2D eigenvalue weighted by Crippen LogP contribution is -2.57. The van der Waals surface area contributed by atoms with Crippen molar-refractivity contribution >= 4 is 28.8 Å². The molecule has 2 aliphatic carbocycles. The minimum Gasteiger partial charge on any atom is -0.497 e. The second-order valence-electron chi connectivity index (χ2n) is 14.5. The summed E-state index contributed by atoms with van der Waals surface area (Å²) in [6, 6.07) is 4.05. The van der Waals surface area contributed by atoms with Crippen LogP contribution in [0, 0.1) is 23.2 Å². The number of aryl methyl sites for hydroxylation is 1. The number of aromatic nitrogens is 2. The fourth-order valence-electron chi connectivity index (χ4n) is 7.45. The first-order valence-electron chi connectivity index (χ1n) is 16.2. The largest absolute Gasteiger partial charge is 0.497 e. The lowest BCUT2D eigenvalue weighted by atomic mass is 9.85. The van der Waals surface area contributed by atoms with Crippen molar-refractivity contribution < 1.29 is 28.6 Å². The number of Topliss-reactive ketones (excluding diaryl/α,β-unsaturated/α-hetero) is 1. The molecule has 2 amide bonds. The Balaban J connectivity index is 1.36. The molecule has 6 rings (SSSR count). The second kappa shape index (κ2) is 11.5. The molecule has 238 valence electrons. The van der Waals surface area contributed by atoms with Crippen LogP contribution in [0.2, 0.25) is 0 Å². The highest BCUT2D eigenvalue weighted by atomic mass is 16.6. The summed E-state index contributed by atoms with van der Waals surface area (Å²) in [5.41, 5.74) is 1.17. The quantitative estimate of drug-likeness (QED) is 0.503. The summed E-state index contributed by atoms with van der Waals surface area (Å²) in [6.45, 7) is 9.38. The van der Waals surface area contributed by atoms with Gasteiger partial charge in [0, 0.05) is 17.9 Å². The Kier molecular flexibility index (Phi) is 7.99. The third-order valence-corrected chi connectivity index (χ3v) is 10.2. The molecule has 0 spiro atoms. The minimum atomic E-state index is -0.876. The van der Waals surface area contributed by atoms with Gasteiger partial charge in [-0.2, -0.15) is 0 Å². The summed E-state index contributed by atoms with van der Waals surface area (Å²) in [6.07, 6.45) is 6.70. The second-order valence-corrected chi connectivity index (χ2v) is 14.5. The summed E-state index contributed by atoms with van der Waals surface area (Å²) < 4.78 is 18.2. The van der Waals surface area contributed by atoms with Gasteiger partial charge in [-0.15, -0.1) is 0 Å². The van der Waals surface area contributed by atoms with E-state index in [0.717, 1.165) is 56.2 Å². The molecule has 44 heavy (non-hydrogen) atoms. The zero-order valence-corrected chi connectivity index (χ0v) is 26.9. The third-order valence-electron chi connectivity index (χ3n) is 10.2. The molecule has 1 aromatic heterocycles. The number of nitrogens with zero attached hydrogens (tertiary/aromatic N) is 3. The first-order chi connectivity index (χ1) is 20.9. The van der Waals surface area contributed by atoms with Gasteiger partial charge in [-0.1, -0.05) is 40.5 Å². The first kappa shape index (κ1) is 30.6. The molecule has 1 aromatic carbocycles. The molecule has 4 aliphatic rings. The molecule has 2 aromatic rings. The molecule has 3 fully saturated rings. The summed E-state index contributed by atoms with van der Waals surface area (Å²) in [5, 5.41) is 2.94. The van der Waals surface area contributed by atoms with Crippen molar-refractivity contribution in [2.24, 2.45) is 23.2 Å². The Bertz CT molecular complexity index is 1450. The number of methoxy groups -OCH3 is 1. The van der Waals surface area contributed by atoms with Crippen LogP contribution >= 0.6 is 0 Å². The number of ether oxygens (including phenoxy) is 3. The van der Waals surface area contributed by atoms with Crippen LogP contribution in [-0.2, 0) is 20.7 Å². The number of fused-ring (bicyclic) bond motifs is 5. The van der Waals surface area contributed by atoms with Gasteiger partial charge in [-0.05, 0) is 68.9 Å². The Morgan fingerprint density at radius 1 is 1.07 bits per heavy atom. The molecule has 3 heterocycles. The molecule has 1 N–H and O–H groups in total. The van der Waals surface area contributed by atoms with Gasteiger partial charge in [0.15, 0.2) is 5.78 Å². The maximum absolute atomic E-state index is 14.3. The molecule has 0 radical (unpaired) electrons. The fraction of sp³-hybridized carbons (Fsp3) is 0.676. The van der Waals surface area contributed by atoms with E-state index in [1.165, 1.54) is 6.92 Å². The molecule has 10 heteroatoms. The fourth-order valence-corrected chi connectivity index (χ4v) is 7.45. The number of alkyl carbamates (subject to hydrolysis) is 1. The van der Waals surface area contributed by atoms with Gasteiger partial charge >= 0.3 is 6.09 Å². The number of hydrogen-bond acceptors (Lipinski definition) is 8. The molecule has 2 saturated carbocycles. The van der Waals surface area contributed by atoms with Gasteiger partial charge in [0.05, 0.1) is 30.7 Å². The Morgan fingerprint density at radius 3 is 2.52 bits per heavy atom. The molecule has 2 aliphatic heterocycles. The standard InChI is InChI=1S/C34H46N4O6/c1-19-27-18-38(28(19)20(2)39)31(40)29(33(3,4)5)37-32(41)44-34(21-12-13-21)17-22(34)10-8-7-9-11-25-30(43-27)36-26-16-23(42-6)14-15-24(26)35-25/h14-16,19,21-22,27-29H,7-13,17-18H2,1-6H3,(H,37,41)/t19-,22-,27+,28+,29-,34+/m1/s1. The van der Waals surface area contributed by atoms with Crippen molar-refractivity contribution in [1.82, 2.24) is 20.2 Å². The summed E-state index contributed by atoms with van der Waals surface area (Å²) in [5.74, 6) is 1.13. The van der Waals surface area contributed by atoms with Gasteiger partial charge in [0.1, 0.15) is 29.2 Å². The smallest absolute Gasteiger partial charge is 0.408 e. The van der Waals surface area contributed by atoms with Crippen LogP contribution in [0.5, 0.6) is 11.6 Å². The topological polar surface area (TPSA) is 120 Å². The number of carbonyl (C=O) groups excluding carboxylic acids is 3. The Labute approximate surface area is 259 Å². The van der Waals surface area contributed by atoms with E-state index in [9.17, 15) is 14.4 Å². The predicted octanol–water partition coefficient (Wildman–Crippen LogP) is 5.25. The summed E-state index contributed by atoms with van der Waals surface area (Å²) in [7, 11) is 1.61. The molecule has 1 saturated heterocycles. The molecule has 6 atom stereocenters. The van der Waals surface area contributed by atoms with E-state index < -0.39 is 35.3 Å². The van der Waals surface area contributed by atoms with Gasteiger partial charge in [-0.3, -0.25) is 9.59 Å². The molecular weight excluding hydrogens is 560 g/mol. The van der Waals surface area contributed by atoms with Gasteiger partial charge in [0.25, 0.3) is 0 Å². The number of hydrogen-bond donors (Lipinski definition) is 1. The Morgan fingerprint density at radius 2 is 1.84 bits per heavy atom. The van der Waals surface area contributed by atoms with Crippen LogP contribution < -0.4 is 14.8 Å². The van der Waals surface area contributed by atoms with Crippen LogP contribution in [0.15, 0.2) is 18.2 Å². The normalized spacial score (nSPS) is 31.5. The molecule has 0 unspecified atom stereocenters. The van der Waals surface area contributed by atoms with Crippen molar-refractivity contribution in [3.05, 3.63) is 23.9 Å². The lowest BCUT2D eigenvalue weighted by Gasteiger charge is -2.35. The van der Waals surface area contributed by atoms with E-state index in [1.807, 2.05) is 45.9 Å². The molecule has 2 bridgehead atoms. The monoisotopic (exact) mass is 606 g/mol. The van der Waals surface area contributed by atoms with E-state index in [0.29, 0.717) is 35.4 Å². The van der Waals surface area contributed by atoms with Crippen molar-refractivity contribution in [1.29, 1.82) is 0 Å². The Hall–Kier alpha value is -3.43. The number of benzene rings is 1. The SMILES string of the molecule is COc1ccc2nc3c(nc2c1)O[C@H]1CN(C(=O)[C@H](C(C)(C)C)NC(=O)O[C@]2(C4CC4)C[C@H]2CCCCC3)[C@H](C(C)=O)[C@@H]1C. The predicted molar refractivity (Wildman–Crippen MR) is 164 cm³/mol. The van der Waals surface area contributed by atoms with Crippen molar-refractivity contribution in [3.8, 4) is 11.6 Å². The van der Waals surface area contributed by atoms with E-state index >= 15 is 0 Å². The summed E-state index contributed by atoms with van der Waals surface area (Å²) >= 11 is 0. The zero-order chi connectivity index (χ0) is 31.4. The zero-order valence-electron chi connectivity index (χ0n) is 26.9. The maximum Gasteiger partial charge on any atom is 0.408 e. The number of rotatable bonds is 3. The third kappa shape index (κ3) is 5.84. The highest BCUT2D eigenvalue weighted by molar-refractivity contribution is 5.92. The first-order valence-corrected chi connectivity index (χ1v) is 16.2. The van der Waals surface area contributed by atoms with Gasteiger partial charge in [0.2, 0.25) is 11.8 Å². The van der Waals surface area contributed by atoms with E-state index in [1.54, 1.807) is 12.0 Å². The molecule has 10 nitrogen and oxygen atoms in total. The highest BCUT2D eigenvalue weighted by Crippen LogP contribution is 2.62. The van der Waals surface area contributed by atoms with Crippen molar-refractivity contribution in [2.45, 2.75) is 110 Å². The van der Waals surface area contributed by atoms with Gasteiger partial charge in [-0.25, -0.2) is 14.8 Å². The van der Waals surface area contributed by atoms with Crippen molar-refractivity contribution in [3.63, 3.8) is 0 Å². The molecular formula is C34H46N4O6. The van der Waals surface area contributed by atoms with Crippen LogP contribution in [0.4, 0.5) is 4.79 Å². The van der Waals surface area contributed by atoms with E-state index in [-0.39, 0.29) is 24.2 Å². The van der Waals surface area contributed by atoms with Gasteiger partial charge < -0.3 is 24.4 Å². The van der Waals surface area contributed by atoms with Crippen LogP contribution in [-0.4, -0.2) is 70.1 Å². The number of nitrogens with one attached hydrogen (secondary N) is 1. The average molecular weight is 607 g/mol. The average Bonchev–Trinajstić information content (AvgIpc) is 3.89. The lowest BCUT2D eigenvalue weighted by molar-refractivity contribution is -0.141. The van der Waals surface area contributed by atoms with Crippen LogP contribution in [0.1, 0.15) is 85.3 Å². The highest BCUT2D eigenvalue weighted by Gasteiger charge is 2.65. The van der Waals surface area contributed by atoms with Crippen molar-refractivity contribution in [2.75, 3.05) is 13.7 Å². The minimum absolute atomic E-state index is 0.124. The van der Waals surface area contributed by atoms with E-state index in [4.69, 9.17) is 24.2 Å². The van der Waals surface area contributed by atoms with Crippen LogP contribution in [0.3, 0.4) is 0 Å². The number of ketones is 1. The summed E-state index contributed by atoms with van der Waals surface area (Å²) in [4.78, 5) is 52.1. The number of carbonyl (C=O) groups is 3. The number of amides is 2. The maximum atomic E-state index is 14.3.